The maximum absolute atomic E-state index is 13.0. The standard InChI is InChI=1S/C23H30N4O/c1-6-11-17-12-10-14-18(17)26-22(28)23(5,7-2)21(24)27-20(16(3)4)19-13-8-9-15-25-19/h1-2,9,15,17-18H,8,10-14H2,3-5H3,(H2,24,27)(H,26,28)/t17-,18+,23?/m0/s1. The summed E-state index contributed by atoms with van der Waals surface area (Å²) in [7, 11) is 0. The highest BCUT2D eigenvalue weighted by Crippen LogP contribution is 2.29. The van der Waals surface area contributed by atoms with Gasteiger partial charge >= 0.3 is 0 Å². The molecule has 28 heavy (non-hydrogen) atoms. The molecule has 3 N–H and O–H groups in total. The molecule has 1 aliphatic heterocycles. The highest BCUT2D eigenvalue weighted by Gasteiger charge is 2.39. The number of rotatable bonds is 6. The van der Waals surface area contributed by atoms with Crippen LogP contribution in [0, 0.1) is 36.0 Å². The summed E-state index contributed by atoms with van der Waals surface area (Å²) < 4.78 is 0. The molecule has 148 valence electrons. The monoisotopic (exact) mass is 378 g/mol. The number of aliphatic imine (C=N–C) groups is 2. The molecule has 0 saturated heterocycles. The molecular weight excluding hydrogens is 348 g/mol. The van der Waals surface area contributed by atoms with Crippen LogP contribution in [0.2, 0.25) is 0 Å². The lowest BCUT2D eigenvalue weighted by molar-refractivity contribution is -0.125. The number of nitrogens with zero attached hydrogens (tertiary/aromatic N) is 2. The number of nitrogens with one attached hydrogen (secondary N) is 1. The van der Waals surface area contributed by atoms with E-state index in [0.29, 0.717) is 12.1 Å². The van der Waals surface area contributed by atoms with Gasteiger partial charge in [0.15, 0.2) is 5.41 Å². The molecule has 0 bridgehead atoms. The summed E-state index contributed by atoms with van der Waals surface area (Å²) in [5, 5.41) is 3.07. The third kappa shape index (κ3) is 4.73. The Morgan fingerprint density at radius 1 is 1.43 bits per heavy atom. The largest absolute Gasteiger partial charge is 0.385 e. The van der Waals surface area contributed by atoms with Gasteiger partial charge in [0.25, 0.3) is 0 Å². The second-order valence-electron chi connectivity index (χ2n) is 7.79. The molecule has 5 heteroatoms. The Kier molecular flexibility index (Phi) is 7.24. The zero-order chi connectivity index (χ0) is 20.7. The normalized spacial score (nSPS) is 23.8. The van der Waals surface area contributed by atoms with Gasteiger partial charge in [-0.1, -0.05) is 18.4 Å². The lowest BCUT2D eigenvalue weighted by Gasteiger charge is -2.27. The second kappa shape index (κ2) is 9.42. The number of allylic oxidation sites excluding steroid dienone is 3. The molecule has 0 radical (unpaired) electrons. The van der Waals surface area contributed by atoms with Crippen molar-refractivity contribution >= 4 is 17.5 Å². The molecular formula is C23H30N4O. The van der Waals surface area contributed by atoms with E-state index in [1.807, 2.05) is 19.9 Å². The maximum atomic E-state index is 13.0. The van der Waals surface area contributed by atoms with Crippen LogP contribution in [-0.4, -0.2) is 23.5 Å². The van der Waals surface area contributed by atoms with Gasteiger partial charge in [-0.25, -0.2) is 4.99 Å². The Hall–Kier alpha value is -2.79. The molecule has 0 aromatic carbocycles. The molecule has 1 amide bonds. The van der Waals surface area contributed by atoms with E-state index in [4.69, 9.17) is 18.6 Å². The number of amidine groups is 1. The van der Waals surface area contributed by atoms with E-state index in [-0.39, 0.29) is 23.7 Å². The van der Waals surface area contributed by atoms with Crippen LogP contribution in [0.15, 0.2) is 33.5 Å². The molecule has 1 unspecified atom stereocenters. The summed E-state index contributed by atoms with van der Waals surface area (Å²) in [6, 6.07) is 0.0276. The van der Waals surface area contributed by atoms with Gasteiger partial charge in [-0.2, -0.15) is 0 Å². The first-order valence-electron chi connectivity index (χ1n) is 9.79. The number of carbonyl (C=O) groups excluding carboxylic acids is 1. The lowest BCUT2D eigenvalue weighted by Crippen LogP contribution is -2.51. The third-order valence-electron chi connectivity index (χ3n) is 5.47. The minimum absolute atomic E-state index is 0.0276. The van der Waals surface area contributed by atoms with E-state index < -0.39 is 5.41 Å². The molecule has 1 aliphatic carbocycles. The summed E-state index contributed by atoms with van der Waals surface area (Å²) >= 11 is 0. The average Bonchev–Trinajstić information content (AvgIpc) is 3.12. The number of amides is 1. The maximum Gasteiger partial charge on any atom is 0.245 e. The molecule has 0 aromatic heterocycles. The fourth-order valence-corrected chi connectivity index (χ4v) is 3.57. The number of carbonyl (C=O) groups is 1. The van der Waals surface area contributed by atoms with Crippen LogP contribution in [0.1, 0.15) is 59.3 Å². The average molecular weight is 379 g/mol. The summed E-state index contributed by atoms with van der Waals surface area (Å²) in [6.45, 7) is 5.53. The highest BCUT2D eigenvalue weighted by molar-refractivity contribution is 6.12. The topological polar surface area (TPSA) is 79.8 Å². The van der Waals surface area contributed by atoms with Gasteiger partial charge in [0.05, 0.1) is 11.4 Å². The molecule has 3 atom stereocenters. The first-order valence-corrected chi connectivity index (χ1v) is 9.79. The van der Waals surface area contributed by atoms with E-state index in [9.17, 15) is 4.79 Å². The van der Waals surface area contributed by atoms with Gasteiger partial charge in [0.1, 0.15) is 5.84 Å². The van der Waals surface area contributed by atoms with Crippen LogP contribution in [0.3, 0.4) is 0 Å². The van der Waals surface area contributed by atoms with Crippen LogP contribution in [-0.2, 0) is 4.79 Å². The minimum atomic E-state index is -1.34. The molecule has 1 fully saturated rings. The molecule has 1 heterocycles. The van der Waals surface area contributed by atoms with Crippen LogP contribution < -0.4 is 11.1 Å². The summed E-state index contributed by atoms with van der Waals surface area (Å²) in [4.78, 5) is 22.0. The first-order chi connectivity index (χ1) is 13.3. The fraction of sp³-hybridized carbons (Fsp3) is 0.522. The van der Waals surface area contributed by atoms with Crippen molar-refractivity contribution in [2.45, 2.75) is 65.3 Å². The zero-order valence-corrected chi connectivity index (χ0v) is 17.1. The van der Waals surface area contributed by atoms with Crippen LogP contribution in [0.4, 0.5) is 0 Å². The van der Waals surface area contributed by atoms with E-state index >= 15 is 0 Å². The molecule has 2 aliphatic rings. The fourth-order valence-electron chi connectivity index (χ4n) is 3.57. The molecule has 0 aromatic rings. The van der Waals surface area contributed by atoms with E-state index in [0.717, 1.165) is 43.4 Å². The van der Waals surface area contributed by atoms with Crippen molar-refractivity contribution in [2.75, 3.05) is 0 Å². The van der Waals surface area contributed by atoms with Crippen molar-refractivity contribution < 1.29 is 4.79 Å². The van der Waals surface area contributed by atoms with Gasteiger partial charge in [-0.3, -0.25) is 9.79 Å². The lowest BCUT2D eigenvalue weighted by atomic mass is 9.87. The minimum Gasteiger partial charge on any atom is -0.385 e. The van der Waals surface area contributed by atoms with Gasteiger partial charge in [-0.15, -0.1) is 18.8 Å². The van der Waals surface area contributed by atoms with Crippen molar-refractivity contribution in [3.05, 3.63) is 23.5 Å². The van der Waals surface area contributed by atoms with Gasteiger partial charge < -0.3 is 11.1 Å². The van der Waals surface area contributed by atoms with Crippen molar-refractivity contribution in [1.82, 2.24) is 5.32 Å². The summed E-state index contributed by atoms with van der Waals surface area (Å²) in [5.74, 6) is 5.35. The van der Waals surface area contributed by atoms with E-state index in [1.165, 1.54) is 0 Å². The highest BCUT2D eigenvalue weighted by atomic mass is 16.2. The first kappa shape index (κ1) is 21.5. The second-order valence-corrected chi connectivity index (χ2v) is 7.79. The molecule has 2 rings (SSSR count). The molecule has 1 saturated carbocycles. The summed E-state index contributed by atoms with van der Waals surface area (Å²) in [5.41, 5.74) is 7.47. The SMILES string of the molecule is C#CC[C@H]1CCC[C@H]1NC(=O)C(C)(C#C)/C(N)=N\C(C1=NC=CCC1)=C(C)C. The van der Waals surface area contributed by atoms with Crippen LogP contribution >= 0.6 is 0 Å². The number of nitrogens with two attached hydrogens (primary N) is 1. The van der Waals surface area contributed by atoms with Crippen molar-refractivity contribution in [3.63, 3.8) is 0 Å². The van der Waals surface area contributed by atoms with E-state index in [1.54, 1.807) is 13.1 Å². The van der Waals surface area contributed by atoms with Gasteiger partial charge in [0, 0.05) is 18.7 Å². The predicted octanol–water partition coefficient (Wildman–Crippen LogP) is 3.33. The Balaban J connectivity index is 2.26. The van der Waals surface area contributed by atoms with Crippen molar-refractivity contribution in [3.8, 4) is 24.7 Å². The van der Waals surface area contributed by atoms with Crippen molar-refractivity contribution in [2.24, 2.45) is 27.1 Å². The van der Waals surface area contributed by atoms with Gasteiger partial charge in [0.2, 0.25) is 5.91 Å². The predicted molar refractivity (Wildman–Crippen MR) is 115 cm³/mol. The zero-order valence-electron chi connectivity index (χ0n) is 17.1. The van der Waals surface area contributed by atoms with Gasteiger partial charge in [-0.05, 0) is 57.9 Å². The third-order valence-corrected chi connectivity index (χ3v) is 5.47. The number of hydrogen-bond donors (Lipinski definition) is 2. The Morgan fingerprint density at radius 2 is 2.18 bits per heavy atom. The summed E-state index contributed by atoms with van der Waals surface area (Å²) in [6.07, 6.45) is 20.3. The number of hydrogen-bond acceptors (Lipinski definition) is 3. The van der Waals surface area contributed by atoms with E-state index in [2.05, 4.69) is 27.1 Å². The van der Waals surface area contributed by atoms with Crippen LogP contribution in [0.25, 0.3) is 0 Å². The molecule has 5 nitrogen and oxygen atoms in total. The number of terminal acetylenes is 2. The molecule has 0 spiro atoms. The quantitative estimate of drug-likeness (QED) is 0.422. The van der Waals surface area contributed by atoms with Crippen LogP contribution in [0.5, 0.6) is 0 Å². The smallest absolute Gasteiger partial charge is 0.245 e. The Bertz CT molecular complexity index is 815. The Labute approximate surface area is 168 Å². The Morgan fingerprint density at radius 3 is 2.75 bits per heavy atom. The van der Waals surface area contributed by atoms with Crippen molar-refractivity contribution in [1.29, 1.82) is 0 Å².